The van der Waals surface area contributed by atoms with Gasteiger partial charge in [-0.2, -0.15) is 0 Å². The molecule has 9 rings (SSSR count). The Balaban J connectivity index is 0.725. The number of hydrogen-bond donors (Lipinski definition) is 10. The van der Waals surface area contributed by atoms with Gasteiger partial charge in [0.25, 0.3) is 0 Å². The van der Waals surface area contributed by atoms with Gasteiger partial charge in [-0.3, -0.25) is 38.4 Å². The van der Waals surface area contributed by atoms with Crippen LogP contribution in [0, 0.1) is 11.8 Å². The van der Waals surface area contributed by atoms with E-state index in [1.807, 2.05) is 135 Å². The van der Waals surface area contributed by atoms with Crippen molar-refractivity contribution in [2.75, 3.05) is 40.3 Å². The second-order valence-corrected chi connectivity index (χ2v) is 26.4. The maximum absolute atomic E-state index is 14.8. The van der Waals surface area contributed by atoms with Crippen molar-refractivity contribution in [3.05, 3.63) is 179 Å². The lowest BCUT2D eigenvalue weighted by molar-refractivity contribution is -0.144. The van der Waals surface area contributed by atoms with Crippen LogP contribution in [0.3, 0.4) is 0 Å². The highest BCUT2D eigenvalue weighted by atomic mass is 16.2. The van der Waals surface area contributed by atoms with E-state index in [4.69, 9.17) is 0 Å². The van der Waals surface area contributed by atoms with E-state index in [1.54, 1.807) is 23.9 Å². The summed E-state index contributed by atoms with van der Waals surface area (Å²) < 4.78 is 0. The number of likely N-dealkylation sites (N-methyl/N-ethyl adjacent to an activating group) is 2. The first-order valence-corrected chi connectivity index (χ1v) is 35.2. The molecule has 5 aromatic carbocycles. The fourth-order valence-electron chi connectivity index (χ4n) is 14.5. The van der Waals surface area contributed by atoms with E-state index < -0.39 is 60.1 Å². The Kier molecular flexibility index (Phi) is 27.5. The van der Waals surface area contributed by atoms with Crippen LogP contribution in [0.2, 0.25) is 0 Å². The molecule has 0 saturated carbocycles. The van der Waals surface area contributed by atoms with Gasteiger partial charge in [0.05, 0.1) is 12.1 Å². The zero-order chi connectivity index (χ0) is 67.8. The van der Waals surface area contributed by atoms with Gasteiger partial charge in [-0.15, -0.1) is 0 Å². The summed E-state index contributed by atoms with van der Waals surface area (Å²) in [7, 11) is 3.46. The summed E-state index contributed by atoms with van der Waals surface area (Å²) in [5.74, 6) is -2.91. The Morgan fingerprint density at radius 3 is 1.14 bits per heavy atom. The lowest BCUT2D eigenvalue weighted by atomic mass is 9.92. The molecular weight excluding hydrogens is 1210 g/mol. The van der Waals surface area contributed by atoms with Crippen LogP contribution in [-0.2, 0) is 64.3 Å². The molecule has 4 aliphatic rings. The molecule has 0 aromatic heterocycles. The minimum absolute atomic E-state index is 0.173. The van der Waals surface area contributed by atoms with E-state index in [0.717, 1.165) is 36.8 Å². The van der Waals surface area contributed by atoms with Crippen molar-refractivity contribution in [1.82, 2.24) is 63.0 Å². The minimum atomic E-state index is -0.985. The van der Waals surface area contributed by atoms with Crippen LogP contribution in [0.25, 0.3) is 0 Å². The SMILES string of the molecule is CC[C@H](NC)C(=O)N[C@@H]1C(=O)N2[C@@H](CC[C@@H]1CNCc1ccccc1)CC[C@H]2C(=O)N[C@H](C(=O)NCCCCc1ccc(CCCCNC(=O)[C@@H](NC(=O)[C@@H]2CC[C@@H]3CC[C@H](CNCc4ccccc4)[C@H](NC(=O)[C@H](CC)NC)C(=O)N32)c2ccccc2)cc1)c1ccccc1. The number of nitrogens with one attached hydrogen (secondary N) is 10. The molecule has 0 bridgehead atoms. The molecule has 12 atom stereocenters. The fraction of sp³-hybridized carbons (Fsp3) is 0.500. The molecule has 8 amide bonds. The van der Waals surface area contributed by atoms with Gasteiger partial charge in [0.1, 0.15) is 36.3 Å². The van der Waals surface area contributed by atoms with Gasteiger partial charge < -0.3 is 63.0 Å². The zero-order valence-electron chi connectivity index (χ0n) is 56.5. The highest BCUT2D eigenvalue weighted by molar-refractivity contribution is 5.97. The van der Waals surface area contributed by atoms with Gasteiger partial charge >= 0.3 is 0 Å². The van der Waals surface area contributed by atoms with Crippen LogP contribution in [0.1, 0.15) is 149 Å². The molecule has 0 spiro atoms. The number of carbonyl (C=O) groups excluding carboxylic acids is 8. The average molecular weight is 1310 g/mol. The number of unbranched alkanes of at least 4 members (excludes halogenated alkanes) is 2. The Morgan fingerprint density at radius 2 is 0.781 bits per heavy atom. The Bertz CT molecular complexity index is 3090. The maximum atomic E-state index is 14.8. The summed E-state index contributed by atoms with van der Waals surface area (Å²) in [6.07, 6.45) is 10.7. The number of amides is 8. The summed E-state index contributed by atoms with van der Waals surface area (Å²) in [4.78, 5) is 117. The third-order valence-electron chi connectivity index (χ3n) is 20.0. The Morgan fingerprint density at radius 1 is 0.427 bits per heavy atom. The molecule has 514 valence electrons. The first-order valence-electron chi connectivity index (χ1n) is 35.2. The molecule has 96 heavy (non-hydrogen) atoms. The van der Waals surface area contributed by atoms with E-state index in [2.05, 4.69) is 77.4 Å². The standard InChI is InChI=1S/C76H102N12O8/c1-5-61(77-3)69(89)85-67-57(49-79-47-53-25-11-7-12-26-53)37-39-59-41-43-63(87(59)75(67)95)71(91)83-65(55-29-15-9-16-30-55)73(93)81-45-21-19-23-51-33-35-52(36-34-51)24-20-22-46-82-74(94)66(56-31-17-10-18-32-56)84-72(92)64-44-42-60-40-38-58(50-80-48-54-27-13-8-14-28-54)68(76(96)88(60)64)86-70(90)62(6-2)78-4/h7-18,25-36,57-68,77-80H,5-6,19-24,37-50H2,1-4H3,(H,81,93)(H,82,94)(H,83,91)(H,84,92)(H,85,89)(H,86,90)/t57-,58-,59+,60+,61+,62+,63+,64+,65+,66+,67+,68+/m1/s1. The van der Waals surface area contributed by atoms with E-state index in [1.165, 1.54) is 11.1 Å². The lowest BCUT2D eigenvalue weighted by Crippen LogP contribution is -2.59. The first kappa shape index (κ1) is 72.0. The molecule has 0 aliphatic carbocycles. The maximum Gasteiger partial charge on any atom is 0.247 e. The molecule has 0 unspecified atom stereocenters. The Labute approximate surface area is 567 Å². The lowest BCUT2D eigenvalue weighted by Gasteiger charge is -2.33. The molecule has 4 saturated heterocycles. The molecule has 20 heteroatoms. The highest BCUT2D eigenvalue weighted by Gasteiger charge is 2.50. The van der Waals surface area contributed by atoms with Crippen LogP contribution in [0.5, 0.6) is 0 Å². The second-order valence-electron chi connectivity index (χ2n) is 26.4. The number of aryl methyl sites for hydroxylation is 2. The number of fused-ring (bicyclic) bond motifs is 2. The van der Waals surface area contributed by atoms with Crippen LogP contribution < -0.4 is 53.2 Å². The van der Waals surface area contributed by atoms with Crippen molar-refractivity contribution in [2.24, 2.45) is 11.8 Å². The molecule has 0 radical (unpaired) electrons. The van der Waals surface area contributed by atoms with Crippen LogP contribution in [0.15, 0.2) is 146 Å². The zero-order valence-corrected chi connectivity index (χ0v) is 56.5. The minimum Gasteiger partial charge on any atom is -0.354 e. The van der Waals surface area contributed by atoms with Crippen molar-refractivity contribution in [1.29, 1.82) is 0 Å². The smallest absolute Gasteiger partial charge is 0.247 e. The van der Waals surface area contributed by atoms with Gasteiger partial charge in [-0.05, 0) is 150 Å². The van der Waals surface area contributed by atoms with Crippen molar-refractivity contribution in [3.8, 4) is 0 Å². The summed E-state index contributed by atoms with van der Waals surface area (Å²) in [5.41, 5.74) is 5.85. The quantitative estimate of drug-likeness (QED) is 0.0202. The number of benzene rings is 5. The molecule has 5 aromatic rings. The highest BCUT2D eigenvalue weighted by Crippen LogP contribution is 2.37. The molecule has 4 fully saturated rings. The molecule has 10 N–H and O–H groups in total. The predicted octanol–water partition coefficient (Wildman–Crippen LogP) is 6.36. The van der Waals surface area contributed by atoms with Crippen LogP contribution >= 0.6 is 0 Å². The molecular formula is C76H102N12O8. The number of rotatable bonds is 34. The number of nitrogens with zero attached hydrogens (tertiary/aromatic N) is 2. The molecule has 20 nitrogen and oxygen atoms in total. The van der Waals surface area contributed by atoms with Crippen LogP contribution in [0.4, 0.5) is 0 Å². The Hall–Kier alpha value is -8.30. The number of hydrogen-bond acceptors (Lipinski definition) is 12. The van der Waals surface area contributed by atoms with Gasteiger partial charge in [-0.1, -0.05) is 159 Å². The van der Waals surface area contributed by atoms with Crippen LogP contribution in [-0.4, -0.2) is 146 Å². The van der Waals surface area contributed by atoms with E-state index in [-0.39, 0.29) is 59.4 Å². The third kappa shape index (κ3) is 19.5. The van der Waals surface area contributed by atoms with E-state index >= 15 is 0 Å². The number of carbonyl (C=O) groups is 8. The predicted molar refractivity (Wildman–Crippen MR) is 372 cm³/mol. The van der Waals surface area contributed by atoms with Crippen molar-refractivity contribution in [3.63, 3.8) is 0 Å². The molecule has 4 aliphatic heterocycles. The summed E-state index contributed by atoms with van der Waals surface area (Å²) in [5, 5.41) is 31.6. The average Bonchev–Trinajstić information content (AvgIpc) is 1.64. The van der Waals surface area contributed by atoms with Gasteiger partial charge in [0, 0.05) is 63.2 Å². The van der Waals surface area contributed by atoms with E-state index in [0.29, 0.717) is 127 Å². The summed E-state index contributed by atoms with van der Waals surface area (Å²) in [6.45, 7) is 6.89. The van der Waals surface area contributed by atoms with Crippen molar-refractivity contribution >= 4 is 47.3 Å². The van der Waals surface area contributed by atoms with Crippen molar-refractivity contribution < 1.29 is 38.4 Å². The largest absolute Gasteiger partial charge is 0.354 e. The third-order valence-corrected chi connectivity index (χ3v) is 20.0. The first-order chi connectivity index (χ1) is 46.8. The van der Waals surface area contributed by atoms with E-state index in [9.17, 15) is 38.4 Å². The monoisotopic (exact) mass is 1310 g/mol. The van der Waals surface area contributed by atoms with Gasteiger partial charge in [0.2, 0.25) is 47.3 Å². The summed E-state index contributed by atoms with van der Waals surface area (Å²) in [6, 6.07) is 40.4. The van der Waals surface area contributed by atoms with Gasteiger partial charge in [0.15, 0.2) is 0 Å². The van der Waals surface area contributed by atoms with Crippen molar-refractivity contribution in [2.45, 2.75) is 190 Å². The fourth-order valence-corrected chi connectivity index (χ4v) is 14.5. The second kappa shape index (κ2) is 36.7. The summed E-state index contributed by atoms with van der Waals surface area (Å²) >= 11 is 0. The normalized spacial score (nSPS) is 22.0. The van der Waals surface area contributed by atoms with Gasteiger partial charge in [-0.25, -0.2) is 0 Å². The molecule has 4 heterocycles. The topological polar surface area (TPSA) is 263 Å².